The van der Waals surface area contributed by atoms with E-state index in [1.54, 1.807) is 13.3 Å². The van der Waals surface area contributed by atoms with Gasteiger partial charge in [-0.15, -0.1) is 0 Å². The number of benzene rings is 2. The second-order valence-corrected chi connectivity index (χ2v) is 7.84. The number of aryl methyl sites for hydroxylation is 2. The Bertz CT molecular complexity index is 1040. The van der Waals surface area contributed by atoms with Crippen molar-refractivity contribution >= 4 is 11.6 Å². The molecule has 3 aromatic rings. The van der Waals surface area contributed by atoms with Crippen LogP contribution in [0.2, 0.25) is 0 Å². The van der Waals surface area contributed by atoms with Crippen molar-refractivity contribution in [3.05, 3.63) is 77.0 Å². The first-order chi connectivity index (χ1) is 14.0. The average Bonchev–Trinajstić information content (AvgIpc) is 3.21. The van der Waals surface area contributed by atoms with Gasteiger partial charge in [0.15, 0.2) is 0 Å². The van der Waals surface area contributed by atoms with Crippen LogP contribution >= 0.6 is 0 Å². The Labute approximate surface area is 172 Å². The van der Waals surface area contributed by atoms with Gasteiger partial charge in [0, 0.05) is 17.4 Å². The zero-order valence-corrected chi connectivity index (χ0v) is 17.2. The van der Waals surface area contributed by atoms with Gasteiger partial charge in [-0.25, -0.2) is 0 Å². The molecule has 29 heavy (non-hydrogen) atoms. The van der Waals surface area contributed by atoms with Crippen molar-refractivity contribution in [3.63, 3.8) is 0 Å². The summed E-state index contributed by atoms with van der Waals surface area (Å²) in [5.41, 5.74) is 7.06. The number of ether oxygens (including phenoxy) is 1. The molecule has 1 aromatic heterocycles. The number of fused-ring (bicyclic) bond motifs is 1. The van der Waals surface area contributed by atoms with Gasteiger partial charge in [0.2, 0.25) is 0 Å². The van der Waals surface area contributed by atoms with Crippen LogP contribution in [-0.2, 0) is 12.8 Å². The molecule has 1 aliphatic carbocycles. The minimum Gasteiger partial charge on any atom is -0.496 e. The number of hydrogen-bond acceptors (Lipinski definition) is 3. The van der Waals surface area contributed by atoms with Gasteiger partial charge in [-0.2, -0.15) is 0 Å². The Hall–Kier alpha value is -3.14. The highest BCUT2D eigenvalue weighted by Gasteiger charge is 2.14. The molecule has 4 nitrogen and oxygen atoms in total. The summed E-state index contributed by atoms with van der Waals surface area (Å²) in [4.78, 5) is 17.2. The molecular formula is C25H26N2O2. The molecule has 0 fully saturated rings. The van der Waals surface area contributed by atoms with Crippen LogP contribution in [0.5, 0.6) is 5.75 Å². The second-order valence-electron chi connectivity index (χ2n) is 7.84. The van der Waals surface area contributed by atoms with Gasteiger partial charge in [-0.05, 0) is 78.3 Å². The first-order valence-corrected chi connectivity index (χ1v) is 10.1. The van der Waals surface area contributed by atoms with E-state index in [1.165, 1.54) is 23.1 Å². The van der Waals surface area contributed by atoms with E-state index in [2.05, 4.69) is 48.4 Å². The van der Waals surface area contributed by atoms with Crippen LogP contribution in [0, 0.1) is 0 Å². The molecule has 2 aromatic carbocycles. The lowest BCUT2D eigenvalue weighted by Gasteiger charge is -2.13. The molecule has 1 heterocycles. The van der Waals surface area contributed by atoms with Gasteiger partial charge in [-0.1, -0.05) is 26.0 Å². The molecular weight excluding hydrogens is 360 g/mol. The summed E-state index contributed by atoms with van der Waals surface area (Å²) in [7, 11) is 1.66. The Morgan fingerprint density at radius 2 is 1.86 bits per heavy atom. The largest absolute Gasteiger partial charge is 0.496 e. The predicted molar refractivity (Wildman–Crippen MR) is 117 cm³/mol. The molecule has 4 heteroatoms. The van der Waals surface area contributed by atoms with Gasteiger partial charge >= 0.3 is 0 Å². The van der Waals surface area contributed by atoms with Gasteiger partial charge in [0.1, 0.15) is 5.75 Å². The van der Waals surface area contributed by atoms with Crippen molar-refractivity contribution in [1.82, 2.24) is 4.98 Å². The number of anilines is 1. The predicted octanol–water partition coefficient (Wildman–Crippen LogP) is 5.62. The number of nitrogens with zero attached hydrogens (tertiary/aromatic N) is 1. The number of pyridine rings is 1. The number of methoxy groups -OCH3 is 1. The van der Waals surface area contributed by atoms with Crippen molar-refractivity contribution in [3.8, 4) is 17.0 Å². The fourth-order valence-corrected chi connectivity index (χ4v) is 3.83. The summed E-state index contributed by atoms with van der Waals surface area (Å²) in [6, 6.07) is 16.0. The number of hydrogen-bond donors (Lipinski definition) is 1. The molecule has 1 amide bonds. The minimum atomic E-state index is -0.148. The molecule has 0 unspecified atom stereocenters. The molecule has 0 bridgehead atoms. The highest BCUT2D eigenvalue weighted by molar-refractivity contribution is 6.04. The van der Waals surface area contributed by atoms with E-state index in [-0.39, 0.29) is 5.91 Å². The van der Waals surface area contributed by atoms with Crippen LogP contribution in [0.15, 0.2) is 54.7 Å². The molecule has 1 N–H and O–H groups in total. The fraction of sp³-hybridized carbons (Fsp3) is 0.280. The van der Waals surface area contributed by atoms with Crippen LogP contribution in [0.4, 0.5) is 5.69 Å². The van der Waals surface area contributed by atoms with Gasteiger partial charge in [0.05, 0.1) is 18.4 Å². The zero-order chi connectivity index (χ0) is 20.4. The minimum absolute atomic E-state index is 0.148. The quantitative estimate of drug-likeness (QED) is 0.619. The summed E-state index contributed by atoms with van der Waals surface area (Å²) in [6.07, 6.45) is 5.04. The normalized spacial score (nSPS) is 12.7. The number of carbonyl (C=O) groups excluding carboxylic acids is 1. The monoisotopic (exact) mass is 386 g/mol. The summed E-state index contributed by atoms with van der Waals surface area (Å²) < 4.78 is 5.51. The Kier molecular flexibility index (Phi) is 5.34. The second kappa shape index (κ2) is 8.08. The maximum absolute atomic E-state index is 12.7. The van der Waals surface area contributed by atoms with Crippen molar-refractivity contribution in [2.75, 3.05) is 12.4 Å². The molecule has 0 atom stereocenters. The van der Waals surface area contributed by atoms with E-state index < -0.39 is 0 Å². The first kappa shape index (κ1) is 19.2. The average molecular weight is 386 g/mol. The van der Waals surface area contributed by atoms with Crippen LogP contribution in [0.1, 0.15) is 53.2 Å². The number of aromatic nitrogens is 1. The Morgan fingerprint density at radius 1 is 1.03 bits per heavy atom. The molecule has 0 radical (unpaired) electrons. The summed E-state index contributed by atoms with van der Waals surface area (Å²) >= 11 is 0. The number of carbonyl (C=O) groups is 1. The van der Waals surface area contributed by atoms with E-state index >= 15 is 0 Å². The van der Waals surface area contributed by atoms with Gasteiger partial charge in [0.25, 0.3) is 5.91 Å². The molecule has 0 aliphatic heterocycles. The third kappa shape index (κ3) is 4.02. The van der Waals surface area contributed by atoms with Crippen molar-refractivity contribution < 1.29 is 9.53 Å². The molecule has 0 saturated carbocycles. The number of nitrogens with one attached hydrogen (secondary N) is 1. The topological polar surface area (TPSA) is 51.2 Å². The van der Waals surface area contributed by atoms with Gasteiger partial charge < -0.3 is 10.1 Å². The van der Waals surface area contributed by atoms with Crippen LogP contribution in [0.3, 0.4) is 0 Å². The SMILES string of the molecule is COc1ccc(C(C)C)cc1-c1ccc(C(=O)Nc2ccc3c(c2)CCC3)cn1. The summed E-state index contributed by atoms with van der Waals surface area (Å²) in [5, 5.41) is 2.99. The summed E-state index contributed by atoms with van der Waals surface area (Å²) in [5.74, 6) is 1.04. The van der Waals surface area contributed by atoms with E-state index in [1.807, 2.05) is 24.3 Å². The summed E-state index contributed by atoms with van der Waals surface area (Å²) in [6.45, 7) is 4.32. The molecule has 4 rings (SSSR count). The van der Waals surface area contributed by atoms with Gasteiger partial charge in [-0.3, -0.25) is 9.78 Å². The molecule has 0 spiro atoms. The van der Waals surface area contributed by atoms with Crippen molar-refractivity contribution in [2.45, 2.75) is 39.0 Å². The van der Waals surface area contributed by atoms with E-state index in [0.29, 0.717) is 11.5 Å². The van der Waals surface area contributed by atoms with E-state index in [0.717, 1.165) is 35.5 Å². The lowest BCUT2D eigenvalue weighted by molar-refractivity contribution is 0.102. The lowest BCUT2D eigenvalue weighted by Crippen LogP contribution is -2.12. The number of rotatable bonds is 5. The highest BCUT2D eigenvalue weighted by Crippen LogP contribution is 2.32. The van der Waals surface area contributed by atoms with E-state index in [4.69, 9.17) is 4.74 Å². The first-order valence-electron chi connectivity index (χ1n) is 10.1. The third-order valence-corrected chi connectivity index (χ3v) is 5.55. The lowest BCUT2D eigenvalue weighted by atomic mass is 9.98. The highest BCUT2D eigenvalue weighted by atomic mass is 16.5. The fourth-order valence-electron chi connectivity index (χ4n) is 3.83. The van der Waals surface area contributed by atoms with Crippen molar-refractivity contribution in [2.24, 2.45) is 0 Å². The van der Waals surface area contributed by atoms with Crippen LogP contribution in [-0.4, -0.2) is 18.0 Å². The molecule has 148 valence electrons. The molecule has 1 aliphatic rings. The zero-order valence-electron chi connectivity index (χ0n) is 17.2. The maximum Gasteiger partial charge on any atom is 0.257 e. The van der Waals surface area contributed by atoms with Crippen LogP contribution in [0.25, 0.3) is 11.3 Å². The maximum atomic E-state index is 12.7. The van der Waals surface area contributed by atoms with Crippen molar-refractivity contribution in [1.29, 1.82) is 0 Å². The third-order valence-electron chi connectivity index (χ3n) is 5.55. The smallest absolute Gasteiger partial charge is 0.257 e. The molecule has 0 saturated heterocycles. The Morgan fingerprint density at radius 3 is 2.59 bits per heavy atom. The van der Waals surface area contributed by atoms with Crippen LogP contribution < -0.4 is 10.1 Å². The Balaban J connectivity index is 1.55. The van der Waals surface area contributed by atoms with E-state index in [9.17, 15) is 4.79 Å². The number of amides is 1. The standard InChI is InChI=1S/C25H26N2O2/c1-16(2)18-9-12-24(29-3)22(14-18)23-11-8-20(15-26-23)25(28)27-21-10-7-17-5-4-6-19(17)13-21/h7-16H,4-6H2,1-3H3,(H,27,28).